The van der Waals surface area contributed by atoms with Gasteiger partial charge in [0.25, 0.3) is 0 Å². The van der Waals surface area contributed by atoms with Crippen LogP contribution in [0.3, 0.4) is 0 Å². The molecule has 1 fully saturated rings. The van der Waals surface area contributed by atoms with Crippen LogP contribution in [0.4, 0.5) is 4.39 Å². The van der Waals surface area contributed by atoms with Crippen LogP contribution in [0.2, 0.25) is 0 Å². The lowest BCUT2D eigenvalue weighted by molar-refractivity contribution is -0.127. The van der Waals surface area contributed by atoms with Gasteiger partial charge in [0, 0.05) is 12.0 Å². The lowest BCUT2D eigenvalue weighted by Crippen LogP contribution is -2.45. The SMILES string of the molecule is O=C(NC1CCOc2ccccc21)C1(c2cccc(F)c2)CCCC1. The molecule has 2 aliphatic rings. The Hall–Kier alpha value is -2.36. The van der Waals surface area contributed by atoms with Crippen LogP contribution in [-0.2, 0) is 10.2 Å². The molecule has 1 atom stereocenters. The molecule has 25 heavy (non-hydrogen) atoms. The number of carbonyl (C=O) groups excluding carboxylic acids is 1. The minimum absolute atomic E-state index is 0.0114. The molecule has 1 N–H and O–H groups in total. The highest BCUT2D eigenvalue weighted by atomic mass is 19.1. The Kier molecular flexibility index (Phi) is 4.20. The van der Waals surface area contributed by atoms with E-state index in [0.717, 1.165) is 49.0 Å². The molecule has 3 nitrogen and oxygen atoms in total. The minimum Gasteiger partial charge on any atom is -0.493 e. The molecule has 2 aromatic rings. The number of para-hydroxylation sites is 1. The molecule has 1 aliphatic heterocycles. The van der Waals surface area contributed by atoms with Gasteiger partial charge in [-0.2, -0.15) is 0 Å². The van der Waals surface area contributed by atoms with E-state index < -0.39 is 5.41 Å². The summed E-state index contributed by atoms with van der Waals surface area (Å²) in [4.78, 5) is 13.3. The highest BCUT2D eigenvalue weighted by Crippen LogP contribution is 2.42. The summed E-state index contributed by atoms with van der Waals surface area (Å²) in [5.41, 5.74) is 1.20. The molecule has 1 saturated carbocycles. The molecule has 1 amide bonds. The zero-order valence-electron chi connectivity index (χ0n) is 14.1. The Morgan fingerprint density at radius 1 is 1.12 bits per heavy atom. The smallest absolute Gasteiger partial charge is 0.231 e. The zero-order valence-corrected chi connectivity index (χ0v) is 14.1. The average Bonchev–Trinajstić information content (AvgIpc) is 3.13. The van der Waals surface area contributed by atoms with Crippen LogP contribution in [0.1, 0.15) is 49.3 Å². The van der Waals surface area contributed by atoms with Crippen molar-refractivity contribution in [2.24, 2.45) is 0 Å². The Morgan fingerprint density at radius 2 is 1.92 bits per heavy atom. The normalized spacial score (nSPS) is 21.2. The van der Waals surface area contributed by atoms with Crippen molar-refractivity contribution in [2.75, 3.05) is 6.61 Å². The van der Waals surface area contributed by atoms with E-state index in [1.807, 2.05) is 30.3 Å². The van der Waals surface area contributed by atoms with Crippen LogP contribution < -0.4 is 10.1 Å². The average molecular weight is 339 g/mol. The van der Waals surface area contributed by atoms with Gasteiger partial charge in [-0.3, -0.25) is 4.79 Å². The second-order valence-electron chi connectivity index (χ2n) is 7.00. The van der Waals surface area contributed by atoms with E-state index >= 15 is 0 Å². The van der Waals surface area contributed by atoms with Gasteiger partial charge in [-0.1, -0.05) is 43.2 Å². The van der Waals surface area contributed by atoms with E-state index in [0.29, 0.717) is 6.61 Å². The van der Waals surface area contributed by atoms with Crippen LogP contribution in [0.5, 0.6) is 5.75 Å². The largest absolute Gasteiger partial charge is 0.493 e. The first-order valence-corrected chi connectivity index (χ1v) is 8.98. The molecule has 2 aromatic carbocycles. The maximum Gasteiger partial charge on any atom is 0.231 e. The van der Waals surface area contributed by atoms with Gasteiger partial charge in [0.15, 0.2) is 0 Å². The number of carbonyl (C=O) groups is 1. The second kappa shape index (κ2) is 6.51. The molecule has 4 heteroatoms. The number of fused-ring (bicyclic) bond motifs is 1. The first-order valence-electron chi connectivity index (χ1n) is 8.98. The maximum absolute atomic E-state index is 13.8. The van der Waals surface area contributed by atoms with Crippen molar-refractivity contribution in [1.29, 1.82) is 0 Å². The van der Waals surface area contributed by atoms with E-state index in [4.69, 9.17) is 4.74 Å². The van der Waals surface area contributed by atoms with Gasteiger partial charge in [-0.05, 0) is 36.6 Å². The fourth-order valence-electron chi connectivity index (χ4n) is 4.20. The van der Waals surface area contributed by atoms with Gasteiger partial charge in [-0.25, -0.2) is 4.39 Å². The number of halogens is 1. The van der Waals surface area contributed by atoms with E-state index in [9.17, 15) is 9.18 Å². The van der Waals surface area contributed by atoms with E-state index in [2.05, 4.69) is 5.32 Å². The third-order valence-corrected chi connectivity index (χ3v) is 5.53. The summed E-state index contributed by atoms with van der Waals surface area (Å²) in [6.45, 7) is 0.592. The fourth-order valence-corrected chi connectivity index (χ4v) is 4.20. The number of hydrogen-bond donors (Lipinski definition) is 1. The Balaban J connectivity index is 1.63. The summed E-state index contributed by atoms with van der Waals surface area (Å²) in [5.74, 6) is 0.565. The monoisotopic (exact) mass is 339 g/mol. The number of hydrogen-bond acceptors (Lipinski definition) is 2. The lowest BCUT2D eigenvalue weighted by Gasteiger charge is -2.33. The van der Waals surface area contributed by atoms with Crippen molar-refractivity contribution >= 4 is 5.91 Å². The molecule has 0 radical (unpaired) electrons. The van der Waals surface area contributed by atoms with Crippen molar-refractivity contribution in [1.82, 2.24) is 5.32 Å². The molecule has 0 saturated heterocycles. The summed E-state index contributed by atoms with van der Waals surface area (Å²) in [6.07, 6.45) is 4.28. The van der Waals surface area contributed by atoms with Gasteiger partial charge in [-0.15, -0.1) is 0 Å². The lowest BCUT2D eigenvalue weighted by atomic mass is 9.77. The predicted molar refractivity (Wildman–Crippen MR) is 94.0 cm³/mol. The Morgan fingerprint density at radius 3 is 2.72 bits per heavy atom. The number of amides is 1. The maximum atomic E-state index is 13.8. The van der Waals surface area contributed by atoms with Crippen LogP contribution in [0.25, 0.3) is 0 Å². The molecule has 1 heterocycles. The first-order chi connectivity index (χ1) is 12.2. The number of benzene rings is 2. The van der Waals surface area contributed by atoms with Crippen LogP contribution in [-0.4, -0.2) is 12.5 Å². The van der Waals surface area contributed by atoms with Crippen molar-refractivity contribution in [3.05, 3.63) is 65.5 Å². The zero-order chi connectivity index (χ0) is 17.3. The topological polar surface area (TPSA) is 38.3 Å². The highest BCUT2D eigenvalue weighted by Gasteiger charge is 2.43. The van der Waals surface area contributed by atoms with Gasteiger partial charge < -0.3 is 10.1 Å². The van der Waals surface area contributed by atoms with Crippen LogP contribution >= 0.6 is 0 Å². The second-order valence-corrected chi connectivity index (χ2v) is 7.00. The van der Waals surface area contributed by atoms with Crippen LogP contribution in [0, 0.1) is 5.82 Å². The molecule has 0 bridgehead atoms. The number of nitrogens with one attached hydrogen (secondary N) is 1. The van der Waals surface area contributed by atoms with Crippen molar-refractivity contribution in [2.45, 2.75) is 43.6 Å². The van der Waals surface area contributed by atoms with Crippen molar-refractivity contribution in [3.8, 4) is 5.75 Å². The standard InChI is InChI=1S/C21H22FNO2/c22-16-7-5-6-15(14-16)21(11-3-4-12-21)20(24)23-18-10-13-25-19-9-2-1-8-17(18)19/h1-2,5-9,14,18H,3-4,10-13H2,(H,23,24). The third-order valence-electron chi connectivity index (χ3n) is 5.53. The Bertz CT molecular complexity index is 783. The Labute approximate surface area is 147 Å². The molecule has 0 aromatic heterocycles. The number of rotatable bonds is 3. The highest BCUT2D eigenvalue weighted by molar-refractivity contribution is 5.89. The first kappa shape index (κ1) is 16.1. The molecular formula is C21H22FNO2. The van der Waals surface area contributed by atoms with Crippen LogP contribution in [0.15, 0.2) is 48.5 Å². The number of ether oxygens (including phenoxy) is 1. The quantitative estimate of drug-likeness (QED) is 0.906. The summed E-state index contributed by atoms with van der Waals surface area (Å²) in [5, 5.41) is 3.23. The summed E-state index contributed by atoms with van der Waals surface area (Å²) in [6, 6.07) is 14.3. The van der Waals surface area contributed by atoms with Gasteiger partial charge in [0.2, 0.25) is 5.91 Å². The molecule has 130 valence electrons. The van der Waals surface area contributed by atoms with Gasteiger partial charge in [0.05, 0.1) is 18.1 Å². The van der Waals surface area contributed by atoms with E-state index in [1.54, 1.807) is 6.07 Å². The summed E-state index contributed by atoms with van der Waals surface area (Å²) >= 11 is 0. The van der Waals surface area contributed by atoms with Gasteiger partial charge >= 0.3 is 0 Å². The summed E-state index contributed by atoms with van der Waals surface area (Å²) in [7, 11) is 0. The van der Waals surface area contributed by atoms with E-state index in [-0.39, 0.29) is 17.8 Å². The predicted octanol–water partition coefficient (Wildman–Crippen LogP) is 4.28. The van der Waals surface area contributed by atoms with E-state index in [1.165, 1.54) is 12.1 Å². The molecule has 1 unspecified atom stereocenters. The molecule has 1 aliphatic carbocycles. The van der Waals surface area contributed by atoms with Crippen molar-refractivity contribution < 1.29 is 13.9 Å². The molecular weight excluding hydrogens is 317 g/mol. The molecule has 0 spiro atoms. The van der Waals surface area contributed by atoms with Gasteiger partial charge in [0.1, 0.15) is 11.6 Å². The van der Waals surface area contributed by atoms with Crippen molar-refractivity contribution in [3.63, 3.8) is 0 Å². The minimum atomic E-state index is -0.616. The fraction of sp³-hybridized carbons (Fsp3) is 0.381. The molecule has 4 rings (SSSR count). The summed E-state index contributed by atoms with van der Waals surface area (Å²) < 4.78 is 19.4. The third kappa shape index (κ3) is 2.90.